The van der Waals surface area contributed by atoms with Gasteiger partial charge in [-0.3, -0.25) is 13.8 Å². The third-order valence-electron chi connectivity index (χ3n) is 10.8. The fourth-order valence-electron chi connectivity index (χ4n) is 6.57. The Morgan fingerprint density at radius 1 is 0.425 bits per heavy atom. The van der Waals surface area contributed by atoms with Crippen LogP contribution in [0.2, 0.25) is 0 Å². The number of esters is 1. The first-order chi connectivity index (χ1) is 35.6. The van der Waals surface area contributed by atoms with E-state index in [1.54, 1.807) is 0 Å². The van der Waals surface area contributed by atoms with Crippen LogP contribution in [0.4, 0.5) is 0 Å². The highest BCUT2D eigenvalue weighted by molar-refractivity contribution is 7.47. The number of phosphoric ester groups is 1. The van der Waals surface area contributed by atoms with Gasteiger partial charge in [-0.05, 0) is 128 Å². The molecule has 8 nitrogen and oxygen atoms in total. The predicted octanol–water partition coefficient (Wildman–Crippen LogP) is 17.9. The summed E-state index contributed by atoms with van der Waals surface area (Å²) in [5, 5.41) is 0. The van der Waals surface area contributed by atoms with E-state index in [1.807, 2.05) is 21.1 Å². The van der Waals surface area contributed by atoms with Crippen molar-refractivity contribution < 1.29 is 37.3 Å². The van der Waals surface area contributed by atoms with Gasteiger partial charge < -0.3 is 18.9 Å². The average molecular weight is 1030 g/mol. The summed E-state index contributed by atoms with van der Waals surface area (Å²) in [6.07, 6.45) is 84.1. The predicted molar refractivity (Wildman–Crippen MR) is 315 cm³/mol. The van der Waals surface area contributed by atoms with Crippen molar-refractivity contribution in [1.29, 1.82) is 0 Å². The standard InChI is InChI=1S/C64H102NO7P/c1-6-8-10-12-14-16-18-20-22-24-26-28-30-32-34-36-38-40-42-44-46-48-50-52-54-56-59-69-61-63(62-71-73(67,68)70-60-58-65(3,4)5)72-64(66)57-55-53-51-49-47-45-43-41-39-37-35-33-31-29-27-25-23-21-19-17-15-13-11-9-7-2/h8-11,14-17,20-23,26-29,32-35,38-41,44-47,63H,6-7,12-13,18-19,24-25,30-31,36-37,42-43,48-62H2,1-5H3/p+1/b10-8-,11-9-,16-14-,17-15-,22-20-,23-21-,28-26-,29-27-,34-32-,35-33-,40-38-,41-39-,46-44-,47-45-. The van der Waals surface area contributed by atoms with Crippen molar-refractivity contribution in [2.45, 2.75) is 174 Å². The molecule has 0 fully saturated rings. The molecular weight excluding hydrogens is 926 g/mol. The third-order valence-corrected chi connectivity index (χ3v) is 11.8. The molecule has 0 aromatic carbocycles. The van der Waals surface area contributed by atoms with E-state index in [0.29, 0.717) is 24.1 Å². The Morgan fingerprint density at radius 3 is 1.11 bits per heavy atom. The maximum absolute atomic E-state index is 12.8. The van der Waals surface area contributed by atoms with Gasteiger partial charge in [0.25, 0.3) is 0 Å². The molecule has 0 aromatic rings. The molecule has 0 saturated heterocycles. The first-order valence-electron chi connectivity index (χ1n) is 27.9. The highest BCUT2D eigenvalue weighted by atomic mass is 31.2. The van der Waals surface area contributed by atoms with Gasteiger partial charge in [0.05, 0.1) is 34.4 Å². The van der Waals surface area contributed by atoms with Crippen molar-refractivity contribution in [3.05, 3.63) is 170 Å². The summed E-state index contributed by atoms with van der Waals surface area (Å²) in [7, 11) is 1.59. The zero-order chi connectivity index (χ0) is 53.3. The second-order valence-electron chi connectivity index (χ2n) is 18.8. The van der Waals surface area contributed by atoms with Crippen LogP contribution in [0.5, 0.6) is 0 Å². The number of unbranched alkanes of at least 4 members (excludes halogenated alkanes) is 7. The molecule has 410 valence electrons. The summed E-state index contributed by atoms with van der Waals surface area (Å²) in [5.41, 5.74) is 0. The molecule has 0 aromatic heterocycles. The number of rotatable bonds is 49. The number of carbonyl (C=O) groups is 1. The van der Waals surface area contributed by atoms with Crippen LogP contribution < -0.4 is 0 Å². The fraction of sp³-hybridized carbons (Fsp3) is 0.547. The summed E-state index contributed by atoms with van der Waals surface area (Å²) in [4.78, 5) is 23.1. The van der Waals surface area contributed by atoms with Gasteiger partial charge in [0.1, 0.15) is 19.3 Å². The largest absolute Gasteiger partial charge is 0.472 e. The summed E-state index contributed by atoms with van der Waals surface area (Å²) >= 11 is 0. The molecule has 2 unspecified atom stereocenters. The van der Waals surface area contributed by atoms with E-state index in [9.17, 15) is 14.3 Å². The molecule has 0 amide bonds. The number of phosphoric acid groups is 1. The van der Waals surface area contributed by atoms with E-state index in [2.05, 4.69) is 184 Å². The van der Waals surface area contributed by atoms with Crippen LogP contribution in [-0.4, -0.2) is 75.6 Å². The minimum atomic E-state index is -4.32. The minimum Gasteiger partial charge on any atom is -0.457 e. The monoisotopic (exact) mass is 1030 g/mol. The molecule has 1 N–H and O–H groups in total. The van der Waals surface area contributed by atoms with Crippen molar-refractivity contribution in [3.8, 4) is 0 Å². The zero-order valence-electron chi connectivity index (χ0n) is 46.5. The molecule has 0 aliphatic carbocycles. The van der Waals surface area contributed by atoms with Gasteiger partial charge in [-0.25, -0.2) is 4.57 Å². The summed E-state index contributed by atoms with van der Waals surface area (Å²) in [6, 6.07) is 0. The lowest BCUT2D eigenvalue weighted by molar-refractivity contribution is -0.870. The number of ether oxygens (including phenoxy) is 2. The van der Waals surface area contributed by atoms with E-state index in [1.165, 1.54) is 0 Å². The van der Waals surface area contributed by atoms with E-state index in [0.717, 1.165) is 141 Å². The van der Waals surface area contributed by atoms with Gasteiger partial charge in [-0.15, -0.1) is 0 Å². The summed E-state index contributed by atoms with van der Waals surface area (Å²) < 4.78 is 35.1. The van der Waals surface area contributed by atoms with Crippen LogP contribution in [0.1, 0.15) is 168 Å². The Labute approximate surface area is 447 Å². The van der Waals surface area contributed by atoms with Crippen molar-refractivity contribution in [1.82, 2.24) is 0 Å². The second kappa shape index (κ2) is 54.1. The van der Waals surface area contributed by atoms with E-state index in [4.69, 9.17) is 18.5 Å². The van der Waals surface area contributed by atoms with Crippen LogP contribution in [0.25, 0.3) is 0 Å². The summed E-state index contributed by atoms with van der Waals surface area (Å²) in [5.74, 6) is -0.363. The number of likely N-dealkylation sites (N-methyl/N-ethyl adjacent to an activating group) is 1. The van der Waals surface area contributed by atoms with Crippen molar-refractivity contribution in [2.24, 2.45) is 0 Å². The Bertz CT molecular complexity index is 1760. The van der Waals surface area contributed by atoms with Gasteiger partial charge in [-0.1, -0.05) is 203 Å². The Hall–Kier alpha value is -4.14. The number of hydrogen-bond acceptors (Lipinski definition) is 6. The molecule has 0 radical (unpaired) electrons. The molecule has 0 rings (SSSR count). The SMILES string of the molecule is CC/C=C\C/C=C\C/C=C\C/C=C\C/C=C\C/C=C\C/C=C\CCCCCCOCC(COP(=O)(O)OCC[N+](C)(C)C)OC(=O)CCCCC/C=C\C/C=C\C/C=C\C/C=C\C/C=C\C/C=C\C/C=C\CC. The smallest absolute Gasteiger partial charge is 0.457 e. The lowest BCUT2D eigenvalue weighted by Crippen LogP contribution is -2.37. The van der Waals surface area contributed by atoms with Crippen molar-refractivity contribution >= 4 is 13.8 Å². The molecule has 9 heteroatoms. The normalized spacial score (nSPS) is 14.8. The first kappa shape index (κ1) is 68.9. The fourth-order valence-corrected chi connectivity index (χ4v) is 7.31. The first-order valence-corrected chi connectivity index (χ1v) is 29.4. The Kier molecular flexibility index (Phi) is 51.1. The Morgan fingerprint density at radius 2 is 0.753 bits per heavy atom. The maximum Gasteiger partial charge on any atom is 0.472 e. The lowest BCUT2D eigenvalue weighted by Gasteiger charge is -2.24. The Balaban J connectivity index is 4.31. The third kappa shape index (κ3) is 58.6. The number of hydrogen-bond donors (Lipinski definition) is 1. The van der Waals surface area contributed by atoms with Crippen LogP contribution in [-0.2, 0) is 27.9 Å². The molecule has 0 spiro atoms. The van der Waals surface area contributed by atoms with Crippen LogP contribution in [0.15, 0.2) is 170 Å². The zero-order valence-corrected chi connectivity index (χ0v) is 47.4. The lowest BCUT2D eigenvalue weighted by atomic mass is 10.1. The van der Waals surface area contributed by atoms with Gasteiger partial charge >= 0.3 is 13.8 Å². The quantitative estimate of drug-likeness (QED) is 0.0213. The topological polar surface area (TPSA) is 91.3 Å². The number of nitrogens with zero attached hydrogens (tertiary/aromatic N) is 1. The van der Waals surface area contributed by atoms with Crippen molar-refractivity contribution in [2.75, 3.05) is 54.1 Å². The van der Waals surface area contributed by atoms with Gasteiger partial charge in [0, 0.05) is 13.0 Å². The molecule has 0 bridgehead atoms. The van der Waals surface area contributed by atoms with E-state index >= 15 is 0 Å². The average Bonchev–Trinajstić information content (AvgIpc) is 3.35. The maximum atomic E-state index is 12.8. The van der Waals surface area contributed by atoms with Crippen LogP contribution in [0, 0.1) is 0 Å². The second-order valence-corrected chi connectivity index (χ2v) is 20.3. The number of quaternary nitrogens is 1. The van der Waals surface area contributed by atoms with Gasteiger partial charge in [-0.2, -0.15) is 0 Å². The van der Waals surface area contributed by atoms with Gasteiger partial charge in [0.2, 0.25) is 0 Å². The molecule has 0 aliphatic rings. The number of carbonyl (C=O) groups excluding carboxylic acids is 1. The van der Waals surface area contributed by atoms with Gasteiger partial charge in [0.15, 0.2) is 0 Å². The summed E-state index contributed by atoms with van der Waals surface area (Å²) in [6.45, 7) is 5.23. The minimum absolute atomic E-state index is 0.0647. The van der Waals surface area contributed by atoms with E-state index in [-0.39, 0.29) is 32.2 Å². The number of allylic oxidation sites excluding steroid dienone is 28. The van der Waals surface area contributed by atoms with E-state index < -0.39 is 13.9 Å². The van der Waals surface area contributed by atoms with Crippen LogP contribution >= 0.6 is 7.82 Å². The molecule has 0 aliphatic heterocycles. The highest BCUT2D eigenvalue weighted by Crippen LogP contribution is 2.43. The molecular formula is C64H103NO7P+. The highest BCUT2D eigenvalue weighted by Gasteiger charge is 2.26. The molecule has 2 atom stereocenters. The molecule has 73 heavy (non-hydrogen) atoms. The van der Waals surface area contributed by atoms with Crippen molar-refractivity contribution in [3.63, 3.8) is 0 Å². The molecule has 0 heterocycles. The molecule has 0 saturated carbocycles. The van der Waals surface area contributed by atoms with Crippen LogP contribution in [0.3, 0.4) is 0 Å².